The molecule has 24 heavy (non-hydrogen) atoms. The van der Waals surface area contributed by atoms with Gasteiger partial charge in [0.25, 0.3) is 0 Å². The Bertz CT molecular complexity index is 557. The third kappa shape index (κ3) is 5.70. The summed E-state index contributed by atoms with van der Waals surface area (Å²) >= 11 is 0. The Balaban J connectivity index is 1.83. The molecule has 4 nitrogen and oxygen atoms in total. The summed E-state index contributed by atoms with van der Waals surface area (Å²) in [5.41, 5.74) is -0.0554. The molecule has 7 heteroatoms. The van der Waals surface area contributed by atoms with Gasteiger partial charge in [-0.15, -0.1) is 0 Å². The Kier molecular flexibility index (Phi) is 6.48. The lowest BCUT2D eigenvalue weighted by atomic mass is 9.99. The molecule has 0 bridgehead atoms. The minimum absolute atomic E-state index is 0.300. The number of aliphatic imine (C=N–C) groups is 1. The fraction of sp³-hybridized carbons (Fsp3) is 0.588. The quantitative estimate of drug-likeness (QED) is 0.653. The van der Waals surface area contributed by atoms with Gasteiger partial charge in [-0.3, -0.25) is 4.99 Å². The maximum Gasteiger partial charge on any atom is 0.416 e. The minimum Gasteiger partial charge on any atom is -0.356 e. The van der Waals surface area contributed by atoms with E-state index in [0.717, 1.165) is 31.8 Å². The summed E-state index contributed by atoms with van der Waals surface area (Å²) in [6.45, 7) is 3.30. The number of rotatable bonds is 4. The molecule has 1 aliphatic heterocycles. The molecule has 1 saturated heterocycles. The van der Waals surface area contributed by atoms with Crippen molar-refractivity contribution >= 4 is 5.96 Å². The summed E-state index contributed by atoms with van der Waals surface area (Å²) in [5.74, 6) is 1.18. The number of benzene rings is 1. The summed E-state index contributed by atoms with van der Waals surface area (Å²) in [4.78, 5) is 6.45. The van der Waals surface area contributed by atoms with Crippen LogP contribution in [-0.2, 0) is 12.7 Å². The molecule has 134 valence electrons. The van der Waals surface area contributed by atoms with Crippen LogP contribution in [0.3, 0.4) is 0 Å². The smallest absolute Gasteiger partial charge is 0.356 e. The van der Waals surface area contributed by atoms with Crippen LogP contribution >= 0.6 is 0 Å². The van der Waals surface area contributed by atoms with Gasteiger partial charge in [0, 0.05) is 26.7 Å². The zero-order valence-electron chi connectivity index (χ0n) is 14.2. The lowest BCUT2D eigenvalue weighted by Gasteiger charge is -2.30. The lowest BCUT2D eigenvalue weighted by Crippen LogP contribution is -2.43. The number of alkyl halides is 3. The van der Waals surface area contributed by atoms with Gasteiger partial charge in [0.2, 0.25) is 0 Å². The number of piperidine rings is 1. The molecule has 1 unspecified atom stereocenters. The lowest BCUT2D eigenvalue weighted by molar-refractivity contribution is -0.137. The van der Waals surface area contributed by atoms with E-state index in [1.807, 2.05) is 0 Å². The molecule has 0 aliphatic carbocycles. The second kappa shape index (κ2) is 8.37. The molecule has 2 rings (SSSR count). The molecule has 0 saturated carbocycles. The van der Waals surface area contributed by atoms with Crippen LogP contribution in [-0.4, -0.2) is 44.6 Å². The Morgan fingerprint density at radius 2 is 2.12 bits per heavy atom. The Hall–Kier alpha value is -1.76. The number of guanidine groups is 1. The topological polar surface area (TPSA) is 39.7 Å². The average Bonchev–Trinajstić information content (AvgIpc) is 2.54. The fourth-order valence-electron chi connectivity index (χ4n) is 2.94. The number of likely N-dealkylation sites (tertiary alicyclic amines) is 1. The Morgan fingerprint density at radius 3 is 2.79 bits per heavy atom. The summed E-state index contributed by atoms with van der Waals surface area (Å²) < 4.78 is 38.2. The summed E-state index contributed by atoms with van der Waals surface area (Å²) in [6.07, 6.45) is -1.94. The molecule has 0 spiro atoms. The van der Waals surface area contributed by atoms with E-state index in [0.29, 0.717) is 24.0 Å². The first-order valence-corrected chi connectivity index (χ1v) is 8.17. The molecule has 1 aromatic carbocycles. The third-order valence-corrected chi connectivity index (χ3v) is 4.22. The zero-order chi connectivity index (χ0) is 17.6. The Morgan fingerprint density at radius 1 is 1.33 bits per heavy atom. The van der Waals surface area contributed by atoms with Gasteiger partial charge >= 0.3 is 6.18 Å². The van der Waals surface area contributed by atoms with Crippen molar-refractivity contribution in [3.63, 3.8) is 0 Å². The summed E-state index contributed by atoms with van der Waals surface area (Å²) in [5, 5.41) is 6.34. The molecule has 1 aromatic rings. The number of halogens is 3. The second-order valence-electron chi connectivity index (χ2n) is 6.28. The van der Waals surface area contributed by atoms with Crippen LogP contribution in [0.15, 0.2) is 29.3 Å². The first-order chi connectivity index (χ1) is 11.4. The van der Waals surface area contributed by atoms with Crippen molar-refractivity contribution in [1.82, 2.24) is 15.5 Å². The monoisotopic (exact) mass is 342 g/mol. The first-order valence-electron chi connectivity index (χ1n) is 8.17. The van der Waals surface area contributed by atoms with Crippen molar-refractivity contribution in [2.24, 2.45) is 10.9 Å². The molecular weight excluding hydrogens is 317 g/mol. The zero-order valence-corrected chi connectivity index (χ0v) is 14.2. The van der Waals surface area contributed by atoms with E-state index in [-0.39, 0.29) is 0 Å². The molecule has 1 atom stereocenters. The van der Waals surface area contributed by atoms with Gasteiger partial charge in [0.1, 0.15) is 0 Å². The summed E-state index contributed by atoms with van der Waals surface area (Å²) in [6, 6.07) is 5.34. The largest absolute Gasteiger partial charge is 0.416 e. The number of nitrogens with zero attached hydrogens (tertiary/aromatic N) is 2. The van der Waals surface area contributed by atoms with E-state index in [1.165, 1.54) is 18.9 Å². The van der Waals surface area contributed by atoms with Crippen LogP contribution in [0.1, 0.15) is 24.0 Å². The number of hydrogen-bond donors (Lipinski definition) is 2. The van der Waals surface area contributed by atoms with Crippen LogP contribution in [0.2, 0.25) is 0 Å². The maximum absolute atomic E-state index is 12.7. The van der Waals surface area contributed by atoms with Crippen LogP contribution in [0.25, 0.3) is 0 Å². The minimum atomic E-state index is -4.32. The molecule has 0 radical (unpaired) electrons. The van der Waals surface area contributed by atoms with Crippen molar-refractivity contribution in [2.45, 2.75) is 25.6 Å². The van der Waals surface area contributed by atoms with Crippen LogP contribution in [0.4, 0.5) is 13.2 Å². The second-order valence-corrected chi connectivity index (χ2v) is 6.28. The van der Waals surface area contributed by atoms with Gasteiger partial charge in [-0.25, -0.2) is 0 Å². The highest BCUT2D eigenvalue weighted by Crippen LogP contribution is 2.29. The molecule has 1 aliphatic rings. The fourth-order valence-corrected chi connectivity index (χ4v) is 2.94. The van der Waals surface area contributed by atoms with Gasteiger partial charge in [-0.1, -0.05) is 12.1 Å². The number of nitrogens with one attached hydrogen (secondary N) is 2. The highest BCUT2D eigenvalue weighted by atomic mass is 19.4. The molecule has 0 aromatic heterocycles. The highest BCUT2D eigenvalue weighted by molar-refractivity contribution is 5.79. The van der Waals surface area contributed by atoms with E-state index >= 15 is 0 Å². The van der Waals surface area contributed by atoms with E-state index in [9.17, 15) is 13.2 Å². The van der Waals surface area contributed by atoms with Crippen molar-refractivity contribution < 1.29 is 13.2 Å². The van der Waals surface area contributed by atoms with Crippen LogP contribution in [0, 0.1) is 5.92 Å². The van der Waals surface area contributed by atoms with E-state index in [2.05, 4.69) is 27.6 Å². The predicted octanol–water partition coefficient (Wildman–Crippen LogP) is 2.71. The van der Waals surface area contributed by atoms with E-state index in [1.54, 1.807) is 13.1 Å². The van der Waals surface area contributed by atoms with Gasteiger partial charge in [0.15, 0.2) is 5.96 Å². The molecule has 2 N–H and O–H groups in total. The number of hydrogen-bond acceptors (Lipinski definition) is 2. The highest BCUT2D eigenvalue weighted by Gasteiger charge is 2.30. The van der Waals surface area contributed by atoms with Crippen molar-refractivity contribution in [3.8, 4) is 0 Å². The molecule has 0 amide bonds. The van der Waals surface area contributed by atoms with Crippen LogP contribution < -0.4 is 10.6 Å². The molecule has 1 heterocycles. The van der Waals surface area contributed by atoms with Gasteiger partial charge in [-0.05, 0) is 50.0 Å². The van der Waals surface area contributed by atoms with Crippen molar-refractivity contribution in [3.05, 3.63) is 35.4 Å². The van der Waals surface area contributed by atoms with Crippen molar-refractivity contribution in [1.29, 1.82) is 0 Å². The third-order valence-electron chi connectivity index (χ3n) is 4.22. The summed E-state index contributed by atoms with van der Waals surface area (Å²) in [7, 11) is 3.78. The van der Waals surface area contributed by atoms with Gasteiger partial charge in [0.05, 0.1) is 5.56 Å². The van der Waals surface area contributed by atoms with Crippen LogP contribution in [0.5, 0.6) is 0 Å². The molecule has 1 fully saturated rings. The average molecular weight is 342 g/mol. The first kappa shape index (κ1) is 18.6. The predicted molar refractivity (Wildman–Crippen MR) is 89.9 cm³/mol. The van der Waals surface area contributed by atoms with E-state index < -0.39 is 11.7 Å². The van der Waals surface area contributed by atoms with Gasteiger partial charge < -0.3 is 15.5 Å². The van der Waals surface area contributed by atoms with Gasteiger partial charge in [-0.2, -0.15) is 13.2 Å². The van der Waals surface area contributed by atoms with E-state index in [4.69, 9.17) is 0 Å². The maximum atomic E-state index is 12.7. The Labute approximate surface area is 141 Å². The SMILES string of the molecule is CN=C(NCc1cccc(C(F)(F)F)c1)NCC1CCCN(C)C1. The standard InChI is InChI=1S/C17H25F3N4/c1-21-16(23-11-14-6-4-8-24(2)12-14)22-10-13-5-3-7-15(9-13)17(18,19)20/h3,5,7,9,14H,4,6,8,10-12H2,1-2H3,(H2,21,22,23). The normalized spacial score (nSPS) is 20.0. The van der Waals surface area contributed by atoms with Crippen molar-refractivity contribution in [2.75, 3.05) is 33.7 Å². The molecular formula is C17H25F3N4.